The molecule has 0 saturated carbocycles. The van der Waals surface area contributed by atoms with Crippen LogP contribution in [0.4, 0.5) is 13.2 Å². The van der Waals surface area contributed by atoms with E-state index in [1.165, 1.54) is 27.9 Å². The zero-order chi connectivity index (χ0) is 22.2. The van der Waals surface area contributed by atoms with Crippen LogP contribution in [0.1, 0.15) is 15.9 Å². The number of rotatable bonds is 4. The SMILES string of the molecule is NC(=O)C1CN(C(=O)c2cnn(-c3cccc(C(F)(F)F)c3)c2-n2cccc2)CCO1. The number of morpholine rings is 1. The quantitative estimate of drug-likeness (QED) is 0.681. The third-order valence-electron chi connectivity index (χ3n) is 4.91. The number of alkyl halides is 3. The van der Waals surface area contributed by atoms with Gasteiger partial charge in [0.2, 0.25) is 5.91 Å². The Balaban J connectivity index is 1.77. The molecule has 2 amide bonds. The summed E-state index contributed by atoms with van der Waals surface area (Å²) < 4.78 is 47.7. The monoisotopic (exact) mass is 433 g/mol. The molecule has 2 N–H and O–H groups in total. The zero-order valence-electron chi connectivity index (χ0n) is 16.1. The maximum absolute atomic E-state index is 13.2. The van der Waals surface area contributed by atoms with E-state index in [2.05, 4.69) is 5.10 Å². The van der Waals surface area contributed by atoms with E-state index in [1.54, 1.807) is 29.1 Å². The van der Waals surface area contributed by atoms with Crippen molar-refractivity contribution in [3.63, 3.8) is 0 Å². The van der Waals surface area contributed by atoms with Gasteiger partial charge >= 0.3 is 6.18 Å². The molecule has 0 spiro atoms. The van der Waals surface area contributed by atoms with E-state index in [4.69, 9.17) is 10.5 Å². The van der Waals surface area contributed by atoms with Crippen LogP contribution in [0.15, 0.2) is 55.0 Å². The number of benzene rings is 1. The van der Waals surface area contributed by atoms with Gasteiger partial charge in [0.25, 0.3) is 5.91 Å². The van der Waals surface area contributed by atoms with Gasteiger partial charge in [0.1, 0.15) is 5.56 Å². The third kappa shape index (κ3) is 4.04. The van der Waals surface area contributed by atoms with E-state index in [0.717, 1.165) is 12.1 Å². The summed E-state index contributed by atoms with van der Waals surface area (Å²) in [6, 6.07) is 8.12. The molecule has 0 radical (unpaired) electrons. The van der Waals surface area contributed by atoms with Gasteiger partial charge in [0.05, 0.1) is 30.6 Å². The Bertz CT molecular complexity index is 1110. The van der Waals surface area contributed by atoms with Crippen LogP contribution in [-0.2, 0) is 15.7 Å². The standard InChI is InChI=1S/C20H18F3N5O3/c21-20(22,23)13-4-3-5-14(10-13)28-18(26-6-1-2-7-26)15(11-25-28)19(30)27-8-9-31-16(12-27)17(24)29/h1-7,10-11,16H,8-9,12H2,(H2,24,29). The molecule has 3 aromatic rings. The van der Waals surface area contributed by atoms with Crippen molar-refractivity contribution < 1.29 is 27.5 Å². The molecule has 0 aliphatic carbocycles. The Labute approximate surface area is 174 Å². The zero-order valence-corrected chi connectivity index (χ0v) is 16.1. The summed E-state index contributed by atoms with van der Waals surface area (Å²) in [7, 11) is 0. The van der Waals surface area contributed by atoms with Crippen molar-refractivity contribution in [1.29, 1.82) is 0 Å². The van der Waals surface area contributed by atoms with Gasteiger partial charge in [-0.2, -0.15) is 18.3 Å². The molecule has 1 aliphatic rings. The smallest absolute Gasteiger partial charge is 0.367 e. The summed E-state index contributed by atoms with van der Waals surface area (Å²) in [5.41, 5.74) is 4.77. The van der Waals surface area contributed by atoms with E-state index in [1.807, 2.05) is 0 Å². The highest BCUT2D eigenvalue weighted by molar-refractivity contribution is 5.97. The molecule has 1 atom stereocenters. The Morgan fingerprint density at radius 1 is 1.16 bits per heavy atom. The number of primary amides is 1. The number of nitrogens with zero attached hydrogens (tertiary/aromatic N) is 4. The molecule has 0 bridgehead atoms. The third-order valence-corrected chi connectivity index (χ3v) is 4.91. The summed E-state index contributed by atoms with van der Waals surface area (Å²) in [6.07, 6.45) is -0.835. The van der Waals surface area contributed by atoms with Gasteiger partial charge in [0.15, 0.2) is 11.9 Å². The van der Waals surface area contributed by atoms with Crippen LogP contribution in [0.25, 0.3) is 11.5 Å². The van der Waals surface area contributed by atoms with Crippen LogP contribution >= 0.6 is 0 Å². The maximum atomic E-state index is 13.2. The minimum atomic E-state index is -4.52. The van der Waals surface area contributed by atoms with Gasteiger partial charge in [-0.05, 0) is 30.3 Å². The number of carbonyl (C=O) groups excluding carboxylic acids is 2. The van der Waals surface area contributed by atoms with Gasteiger partial charge < -0.3 is 19.9 Å². The van der Waals surface area contributed by atoms with Crippen LogP contribution in [0.3, 0.4) is 0 Å². The Hall–Kier alpha value is -3.60. The molecule has 31 heavy (non-hydrogen) atoms. The number of amides is 2. The minimum Gasteiger partial charge on any atom is -0.367 e. The van der Waals surface area contributed by atoms with Crippen molar-refractivity contribution in [2.45, 2.75) is 12.3 Å². The molecule has 162 valence electrons. The van der Waals surface area contributed by atoms with Crippen LogP contribution < -0.4 is 5.73 Å². The lowest BCUT2D eigenvalue weighted by Crippen LogP contribution is -2.50. The number of carbonyl (C=O) groups is 2. The predicted octanol–water partition coefficient (Wildman–Crippen LogP) is 2.01. The van der Waals surface area contributed by atoms with Crippen molar-refractivity contribution in [2.75, 3.05) is 19.7 Å². The first-order valence-corrected chi connectivity index (χ1v) is 9.35. The maximum Gasteiger partial charge on any atom is 0.416 e. The first kappa shape index (κ1) is 20.7. The average Bonchev–Trinajstić information content (AvgIpc) is 3.42. The Kier molecular flexibility index (Phi) is 5.27. The highest BCUT2D eigenvalue weighted by Crippen LogP contribution is 2.31. The van der Waals surface area contributed by atoms with Gasteiger partial charge in [-0.1, -0.05) is 6.07 Å². The van der Waals surface area contributed by atoms with Crippen LogP contribution in [0.5, 0.6) is 0 Å². The Morgan fingerprint density at radius 2 is 1.90 bits per heavy atom. The number of ether oxygens (including phenoxy) is 1. The van der Waals surface area contributed by atoms with E-state index < -0.39 is 29.7 Å². The fraction of sp³-hybridized carbons (Fsp3) is 0.250. The molecule has 2 aromatic heterocycles. The minimum absolute atomic E-state index is 0.0198. The molecule has 1 fully saturated rings. The molecule has 8 nitrogen and oxygen atoms in total. The molecule has 1 unspecified atom stereocenters. The number of halogens is 3. The Morgan fingerprint density at radius 3 is 2.58 bits per heavy atom. The molecule has 3 heterocycles. The summed E-state index contributed by atoms with van der Waals surface area (Å²) in [6.45, 7) is 0.358. The number of nitrogens with two attached hydrogens (primary N) is 1. The number of hydrogen-bond donors (Lipinski definition) is 1. The van der Waals surface area contributed by atoms with Crippen molar-refractivity contribution in [3.8, 4) is 11.5 Å². The molecular formula is C20H18F3N5O3. The summed E-state index contributed by atoms with van der Waals surface area (Å²) in [5.74, 6) is -0.837. The highest BCUT2D eigenvalue weighted by atomic mass is 19.4. The number of hydrogen-bond acceptors (Lipinski definition) is 4. The largest absolute Gasteiger partial charge is 0.416 e. The lowest BCUT2D eigenvalue weighted by Gasteiger charge is -2.31. The summed E-state index contributed by atoms with van der Waals surface area (Å²) in [5, 5.41) is 4.19. The van der Waals surface area contributed by atoms with Crippen LogP contribution in [0.2, 0.25) is 0 Å². The lowest BCUT2D eigenvalue weighted by atomic mass is 10.2. The van der Waals surface area contributed by atoms with Crippen molar-refractivity contribution in [1.82, 2.24) is 19.2 Å². The number of aromatic nitrogens is 3. The normalized spacial score (nSPS) is 17.0. The fourth-order valence-electron chi connectivity index (χ4n) is 3.40. The second-order valence-electron chi connectivity index (χ2n) is 6.95. The van der Waals surface area contributed by atoms with E-state index in [9.17, 15) is 22.8 Å². The summed E-state index contributed by atoms with van der Waals surface area (Å²) >= 11 is 0. The van der Waals surface area contributed by atoms with Gasteiger partial charge in [0, 0.05) is 18.9 Å². The molecule has 1 saturated heterocycles. The van der Waals surface area contributed by atoms with Crippen molar-refractivity contribution >= 4 is 11.8 Å². The second kappa shape index (κ2) is 7.91. The van der Waals surface area contributed by atoms with Gasteiger partial charge in [-0.25, -0.2) is 4.68 Å². The van der Waals surface area contributed by atoms with Crippen LogP contribution in [0, 0.1) is 0 Å². The first-order chi connectivity index (χ1) is 14.8. The van der Waals surface area contributed by atoms with E-state index in [0.29, 0.717) is 0 Å². The topological polar surface area (TPSA) is 95.4 Å². The molecular weight excluding hydrogens is 415 g/mol. The second-order valence-corrected chi connectivity index (χ2v) is 6.95. The molecule has 1 aliphatic heterocycles. The van der Waals surface area contributed by atoms with E-state index in [-0.39, 0.29) is 36.8 Å². The van der Waals surface area contributed by atoms with E-state index >= 15 is 0 Å². The molecule has 1 aromatic carbocycles. The van der Waals surface area contributed by atoms with Gasteiger partial charge in [-0.3, -0.25) is 9.59 Å². The van der Waals surface area contributed by atoms with Crippen molar-refractivity contribution in [2.24, 2.45) is 5.73 Å². The van der Waals surface area contributed by atoms with Gasteiger partial charge in [-0.15, -0.1) is 0 Å². The summed E-state index contributed by atoms with van der Waals surface area (Å²) in [4.78, 5) is 26.1. The van der Waals surface area contributed by atoms with Crippen LogP contribution in [-0.4, -0.2) is 56.9 Å². The fourth-order valence-corrected chi connectivity index (χ4v) is 3.40. The van der Waals surface area contributed by atoms with Crippen molar-refractivity contribution in [3.05, 3.63) is 66.1 Å². The average molecular weight is 433 g/mol. The lowest BCUT2D eigenvalue weighted by molar-refractivity contribution is -0.137. The predicted molar refractivity (Wildman–Crippen MR) is 103 cm³/mol. The highest BCUT2D eigenvalue weighted by Gasteiger charge is 2.33. The molecule has 4 rings (SSSR count). The first-order valence-electron chi connectivity index (χ1n) is 9.35. The molecule has 11 heteroatoms.